The van der Waals surface area contributed by atoms with Crippen molar-refractivity contribution in [1.29, 1.82) is 0 Å². The summed E-state index contributed by atoms with van der Waals surface area (Å²) in [6, 6.07) is 0. The van der Waals surface area contributed by atoms with Crippen molar-refractivity contribution in [2.24, 2.45) is 0 Å². The summed E-state index contributed by atoms with van der Waals surface area (Å²) >= 11 is -5.62. The van der Waals surface area contributed by atoms with Crippen molar-refractivity contribution < 1.29 is 47.4 Å². The van der Waals surface area contributed by atoms with E-state index in [1.165, 1.54) is 0 Å². The summed E-state index contributed by atoms with van der Waals surface area (Å²) in [6.45, 7) is 0. The van der Waals surface area contributed by atoms with E-state index in [-0.39, 0.29) is 19.5 Å². The van der Waals surface area contributed by atoms with Gasteiger partial charge in [0.25, 0.3) is 0 Å². The van der Waals surface area contributed by atoms with Gasteiger partial charge in [0.1, 0.15) is 0 Å². The molecule has 0 saturated heterocycles. The van der Waals surface area contributed by atoms with Gasteiger partial charge in [-0.2, -0.15) is 0 Å². The van der Waals surface area contributed by atoms with Gasteiger partial charge in [0.2, 0.25) is 0 Å². The first kappa shape index (κ1) is 9.60. The van der Waals surface area contributed by atoms with E-state index in [2.05, 4.69) is 0 Å². The summed E-state index contributed by atoms with van der Waals surface area (Å²) < 4.78 is 34.3. The molecule has 0 fully saturated rings. The van der Waals surface area contributed by atoms with Crippen LogP contribution in [0.15, 0.2) is 0 Å². The second-order valence-electron chi connectivity index (χ2n) is 0.378. The Bertz CT molecular complexity index is 159. The Morgan fingerprint density at radius 2 is 0.833 bits per heavy atom. The zero-order valence-electron chi connectivity index (χ0n) is 2.72. The fourth-order valence-corrected chi connectivity index (χ4v) is 0. The average molecular weight is 184 g/mol. The van der Waals surface area contributed by atoms with Crippen LogP contribution in [-0.2, 0) is 47.4 Å². The maximum Gasteiger partial charge on any atom is 0 e. The molecule has 0 unspecified atom stereocenters. The molecule has 0 amide bonds. The SMILES string of the molecule is [O]=[Mn](=[O])(=[O])=[O].[Zn]. The van der Waals surface area contributed by atoms with Crippen LogP contribution in [0, 0.1) is 0 Å². The molecule has 6 heteroatoms. The standard InChI is InChI=1S/Mn.4O.Zn. The van der Waals surface area contributed by atoms with Gasteiger partial charge in [0.05, 0.1) is 0 Å². The van der Waals surface area contributed by atoms with Crippen molar-refractivity contribution in [3.8, 4) is 0 Å². The molecule has 0 heterocycles. The number of hydrogen-bond donors (Lipinski definition) is 0. The quantitative estimate of drug-likeness (QED) is 0.477. The molecule has 0 aromatic heterocycles. The Morgan fingerprint density at radius 1 is 0.833 bits per heavy atom. The van der Waals surface area contributed by atoms with Gasteiger partial charge in [0.15, 0.2) is 0 Å². The molecule has 33 valence electrons. The van der Waals surface area contributed by atoms with Gasteiger partial charge in [-0.15, -0.1) is 0 Å². The van der Waals surface area contributed by atoms with Crippen LogP contribution in [0.25, 0.3) is 0 Å². The Kier molecular flexibility index (Phi) is 4.01. The predicted octanol–water partition coefficient (Wildman–Crippen LogP) is -0.480. The largest absolute Gasteiger partial charge is 0 e. The second kappa shape index (κ2) is 2.50. The van der Waals surface area contributed by atoms with Crippen molar-refractivity contribution >= 4 is 0 Å². The maximum atomic E-state index is 8.58. The van der Waals surface area contributed by atoms with Crippen LogP contribution in [0.1, 0.15) is 0 Å². The summed E-state index contributed by atoms with van der Waals surface area (Å²) in [5.41, 5.74) is 0. The minimum Gasteiger partial charge on any atom is 0 e. The van der Waals surface area contributed by atoms with Crippen molar-refractivity contribution in [3.05, 3.63) is 0 Å². The fraction of sp³-hybridized carbons (Fsp3) is 0. The zero-order valence-corrected chi connectivity index (χ0v) is 6.87. The topological polar surface area (TPSA) is 68.3 Å². The Hall–Kier alpha value is 0.343. The van der Waals surface area contributed by atoms with Crippen LogP contribution >= 0.6 is 0 Å². The third kappa shape index (κ3) is 413. The van der Waals surface area contributed by atoms with E-state index in [0.29, 0.717) is 0 Å². The van der Waals surface area contributed by atoms with Crippen molar-refractivity contribution in [3.63, 3.8) is 0 Å². The van der Waals surface area contributed by atoms with E-state index >= 15 is 0 Å². The Morgan fingerprint density at radius 3 is 0.833 bits per heavy atom. The van der Waals surface area contributed by atoms with Gasteiger partial charge in [-0.05, 0) is 0 Å². The van der Waals surface area contributed by atoms with Crippen LogP contribution < -0.4 is 0 Å². The molecule has 0 radical (unpaired) electrons. The average Bonchev–Trinajstić information content (AvgIpc) is 0.722. The monoisotopic (exact) mass is 183 g/mol. The molecule has 0 rings (SSSR count). The minimum absolute atomic E-state index is 0. The molecule has 0 bridgehead atoms. The van der Waals surface area contributed by atoms with E-state index in [9.17, 15) is 0 Å². The fourth-order valence-electron chi connectivity index (χ4n) is 0. The molecule has 0 aliphatic rings. The maximum absolute atomic E-state index is 8.58. The first-order valence-electron chi connectivity index (χ1n) is 0.617. The van der Waals surface area contributed by atoms with Gasteiger partial charge >= 0.3 is 27.9 Å². The summed E-state index contributed by atoms with van der Waals surface area (Å²) in [5.74, 6) is 0. The molecule has 0 saturated carbocycles. The third-order valence-corrected chi connectivity index (χ3v) is 0. The van der Waals surface area contributed by atoms with Crippen LogP contribution in [0.2, 0.25) is 0 Å². The van der Waals surface area contributed by atoms with Crippen LogP contribution in [0.3, 0.4) is 0 Å². The van der Waals surface area contributed by atoms with Gasteiger partial charge < -0.3 is 0 Å². The third-order valence-electron chi connectivity index (χ3n) is 0. The first-order chi connectivity index (χ1) is 2.00. The van der Waals surface area contributed by atoms with E-state index in [1.54, 1.807) is 0 Å². The molecule has 0 aromatic carbocycles. The van der Waals surface area contributed by atoms with Crippen molar-refractivity contribution in [2.75, 3.05) is 0 Å². The molecule has 0 spiro atoms. The first-order valence-corrected chi connectivity index (χ1v) is 2.54. The molecular formula is MnO4Zn. The molecular weight excluding hydrogens is 184 g/mol. The molecule has 0 aliphatic heterocycles. The number of hydrogen-bond acceptors (Lipinski definition) is 4. The minimum atomic E-state index is -5.62. The van der Waals surface area contributed by atoms with E-state index < -0.39 is 12.6 Å². The molecule has 0 N–H and O–H groups in total. The predicted molar refractivity (Wildman–Crippen MR) is 2.75 cm³/mol. The molecule has 4 nitrogen and oxygen atoms in total. The van der Waals surface area contributed by atoms with E-state index in [0.717, 1.165) is 0 Å². The molecule has 0 aromatic rings. The number of rotatable bonds is 0. The summed E-state index contributed by atoms with van der Waals surface area (Å²) in [4.78, 5) is 0. The van der Waals surface area contributed by atoms with Crippen molar-refractivity contribution in [2.45, 2.75) is 0 Å². The van der Waals surface area contributed by atoms with E-state index in [4.69, 9.17) is 15.3 Å². The molecule has 6 heavy (non-hydrogen) atoms. The van der Waals surface area contributed by atoms with Gasteiger partial charge in [0, 0.05) is 19.5 Å². The van der Waals surface area contributed by atoms with Gasteiger partial charge in [-0.3, -0.25) is 0 Å². The normalized spacial score (nSPS) is 9.33. The van der Waals surface area contributed by atoms with Crippen molar-refractivity contribution in [1.82, 2.24) is 0 Å². The second-order valence-corrected chi connectivity index (χ2v) is 1.56. The Balaban J connectivity index is 0. The van der Waals surface area contributed by atoms with E-state index in [1.807, 2.05) is 0 Å². The zero-order chi connectivity index (χ0) is 4.50. The van der Waals surface area contributed by atoms with Crippen LogP contribution in [-0.4, -0.2) is 0 Å². The van der Waals surface area contributed by atoms with Gasteiger partial charge in [-0.1, -0.05) is 0 Å². The van der Waals surface area contributed by atoms with Gasteiger partial charge in [-0.25, -0.2) is 0 Å². The summed E-state index contributed by atoms with van der Waals surface area (Å²) in [7, 11) is 0. The van der Waals surface area contributed by atoms with Crippen LogP contribution in [0.4, 0.5) is 0 Å². The van der Waals surface area contributed by atoms with Crippen LogP contribution in [0.5, 0.6) is 0 Å². The smallest absolute Gasteiger partial charge is 0 e. The molecule has 0 aliphatic carbocycles. The summed E-state index contributed by atoms with van der Waals surface area (Å²) in [6.07, 6.45) is 0. The Labute approximate surface area is 47.7 Å². The molecule has 0 atom stereocenters. The summed E-state index contributed by atoms with van der Waals surface area (Å²) in [5, 5.41) is 0.